The van der Waals surface area contributed by atoms with E-state index in [9.17, 15) is 0 Å². The van der Waals surface area contributed by atoms with Gasteiger partial charge in [-0.3, -0.25) is 5.32 Å². The van der Waals surface area contributed by atoms with Gasteiger partial charge in [0.1, 0.15) is 17.1 Å². The SMILES string of the molecule is Clc1cccc(Cl)c1-c1[nH]c2c[nH+]c(NCc3nccs3)nc2c1C[C@@H]1CCCNC1. The zero-order valence-electron chi connectivity index (χ0n) is 16.8. The fourth-order valence-corrected chi connectivity index (χ4v) is 5.34. The maximum atomic E-state index is 6.58. The molecule has 9 heteroatoms. The normalized spacial score (nSPS) is 16.6. The van der Waals surface area contributed by atoms with Crippen LogP contribution in [0.25, 0.3) is 22.3 Å². The van der Waals surface area contributed by atoms with E-state index in [0.717, 1.165) is 52.4 Å². The molecule has 1 atom stereocenters. The van der Waals surface area contributed by atoms with Crippen LogP contribution < -0.4 is 15.6 Å². The predicted octanol–water partition coefficient (Wildman–Crippen LogP) is 4.96. The lowest BCUT2D eigenvalue weighted by Gasteiger charge is -2.22. The number of aromatic amines is 2. The van der Waals surface area contributed by atoms with Gasteiger partial charge in [-0.05, 0) is 50.4 Å². The number of nitrogens with one attached hydrogen (secondary N) is 4. The lowest BCUT2D eigenvalue weighted by Crippen LogP contribution is -2.30. The van der Waals surface area contributed by atoms with Crippen LogP contribution in [0.5, 0.6) is 0 Å². The molecule has 0 radical (unpaired) electrons. The van der Waals surface area contributed by atoms with Crippen LogP contribution >= 0.6 is 34.5 Å². The Balaban J connectivity index is 1.57. The first kappa shape index (κ1) is 20.7. The predicted molar refractivity (Wildman–Crippen MR) is 127 cm³/mol. The molecule has 0 amide bonds. The van der Waals surface area contributed by atoms with E-state index in [0.29, 0.717) is 28.5 Å². The van der Waals surface area contributed by atoms with Gasteiger partial charge in [-0.15, -0.1) is 11.3 Å². The van der Waals surface area contributed by atoms with Crippen molar-refractivity contribution in [3.63, 3.8) is 0 Å². The van der Waals surface area contributed by atoms with Crippen LogP contribution in [-0.2, 0) is 13.0 Å². The van der Waals surface area contributed by atoms with Crippen molar-refractivity contribution in [3.05, 3.63) is 56.6 Å². The summed E-state index contributed by atoms with van der Waals surface area (Å²) in [6.45, 7) is 2.73. The van der Waals surface area contributed by atoms with Crippen molar-refractivity contribution in [2.24, 2.45) is 5.92 Å². The third-order valence-electron chi connectivity index (χ3n) is 5.67. The number of aromatic nitrogens is 4. The summed E-state index contributed by atoms with van der Waals surface area (Å²) < 4.78 is 0. The highest BCUT2D eigenvalue weighted by atomic mass is 35.5. The van der Waals surface area contributed by atoms with E-state index >= 15 is 0 Å². The van der Waals surface area contributed by atoms with Crippen molar-refractivity contribution in [3.8, 4) is 11.3 Å². The maximum absolute atomic E-state index is 6.58. The second-order valence-electron chi connectivity index (χ2n) is 7.78. The Kier molecular flexibility index (Phi) is 6.09. The summed E-state index contributed by atoms with van der Waals surface area (Å²) in [6.07, 6.45) is 7.06. The van der Waals surface area contributed by atoms with Crippen molar-refractivity contribution >= 4 is 51.5 Å². The van der Waals surface area contributed by atoms with Crippen LogP contribution in [0.1, 0.15) is 23.4 Å². The monoisotopic (exact) mass is 473 g/mol. The molecule has 160 valence electrons. The molecule has 31 heavy (non-hydrogen) atoms. The van der Waals surface area contributed by atoms with E-state index in [-0.39, 0.29) is 0 Å². The average molecular weight is 474 g/mol. The number of nitrogens with zero attached hydrogens (tertiary/aromatic N) is 2. The lowest BCUT2D eigenvalue weighted by molar-refractivity contribution is -0.363. The van der Waals surface area contributed by atoms with Gasteiger partial charge in [0.2, 0.25) is 0 Å². The minimum Gasteiger partial charge on any atom is -0.349 e. The third-order valence-corrected chi connectivity index (χ3v) is 7.08. The zero-order valence-corrected chi connectivity index (χ0v) is 19.2. The van der Waals surface area contributed by atoms with Gasteiger partial charge in [-0.1, -0.05) is 34.3 Å². The van der Waals surface area contributed by atoms with E-state index in [1.54, 1.807) is 11.3 Å². The van der Waals surface area contributed by atoms with Crippen LogP contribution in [0.15, 0.2) is 36.0 Å². The molecule has 0 unspecified atom stereocenters. The van der Waals surface area contributed by atoms with Gasteiger partial charge in [0, 0.05) is 22.7 Å². The van der Waals surface area contributed by atoms with Crippen molar-refractivity contribution < 1.29 is 4.98 Å². The van der Waals surface area contributed by atoms with Gasteiger partial charge in [0.05, 0.1) is 21.9 Å². The summed E-state index contributed by atoms with van der Waals surface area (Å²) in [6, 6.07) is 5.62. The molecule has 1 aliphatic heterocycles. The van der Waals surface area contributed by atoms with Gasteiger partial charge in [0.15, 0.2) is 5.52 Å². The molecule has 0 saturated carbocycles. The summed E-state index contributed by atoms with van der Waals surface area (Å²) >= 11 is 14.8. The van der Waals surface area contributed by atoms with E-state index in [4.69, 9.17) is 28.2 Å². The first-order valence-electron chi connectivity index (χ1n) is 10.4. The van der Waals surface area contributed by atoms with Crippen molar-refractivity contribution in [1.82, 2.24) is 20.3 Å². The number of hydrogen-bond acceptors (Lipinski definition) is 5. The van der Waals surface area contributed by atoms with Crippen LogP contribution in [0.3, 0.4) is 0 Å². The number of rotatable bonds is 6. The molecule has 1 aliphatic rings. The van der Waals surface area contributed by atoms with E-state index in [1.807, 2.05) is 36.0 Å². The van der Waals surface area contributed by atoms with Gasteiger partial charge < -0.3 is 10.3 Å². The number of halogens is 2. The standard InChI is InChI=1S/C22H22Cl2N6S/c23-15-4-1-5-16(24)19(15)21-14(9-13-3-2-6-25-10-13)20-17(29-21)11-27-22(30-20)28-12-18-26-7-8-31-18/h1,4-5,7-8,11,13,25,29H,2-3,6,9-10,12H2,(H,27,28,30)/p+1/t13-/m0/s1. The Morgan fingerprint density at radius 3 is 2.87 bits per heavy atom. The molecule has 5 rings (SSSR count). The maximum Gasteiger partial charge on any atom is 0.390 e. The van der Waals surface area contributed by atoms with Crippen molar-refractivity contribution in [2.45, 2.75) is 25.8 Å². The quantitative estimate of drug-likeness (QED) is 0.369. The Labute approximate surface area is 194 Å². The Morgan fingerprint density at radius 2 is 2.13 bits per heavy atom. The molecular formula is C22H23Cl2N6S+. The van der Waals surface area contributed by atoms with Gasteiger partial charge in [0.25, 0.3) is 0 Å². The molecule has 6 nitrogen and oxygen atoms in total. The van der Waals surface area contributed by atoms with Crippen LogP contribution in [0.4, 0.5) is 5.95 Å². The topological polar surface area (TPSA) is 79.8 Å². The van der Waals surface area contributed by atoms with Crippen molar-refractivity contribution in [1.29, 1.82) is 0 Å². The fraction of sp³-hybridized carbons (Fsp3) is 0.318. The Bertz CT molecular complexity index is 1160. The highest BCUT2D eigenvalue weighted by Crippen LogP contribution is 2.39. The number of piperidine rings is 1. The van der Waals surface area contributed by atoms with E-state index in [2.05, 4.69) is 25.6 Å². The van der Waals surface area contributed by atoms with E-state index in [1.165, 1.54) is 12.8 Å². The smallest absolute Gasteiger partial charge is 0.349 e. The highest BCUT2D eigenvalue weighted by Gasteiger charge is 2.25. The summed E-state index contributed by atoms with van der Waals surface area (Å²) in [5.74, 6) is 1.26. The van der Waals surface area contributed by atoms with Gasteiger partial charge in [-0.25, -0.2) is 9.97 Å². The molecule has 4 heterocycles. The summed E-state index contributed by atoms with van der Waals surface area (Å²) in [5, 5.41) is 11.1. The second kappa shape index (κ2) is 9.12. The minimum absolute atomic E-state index is 0.547. The first-order chi connectivity index (χ1) is 15.2. The minimum atomic E-state index is 0.547. The second-order valence-corrected chi connectivity index (χ2v) is 9.58. The van der Waals surface area contributed by atoms with Crippen LogP contribution in [0, 0.1) is 5.92 Å². The average Bonchev–Trinajstić information content (AvgIpc) is 3.41. The van der Waals surface area contributed by atoms with Gasteiger partial charge in [-0.2, -0.15) is 0 Å². The van der Waals surface area contributed by atoms with E-state index < -0.39 is 0 Å². The molecule has 4 aromatic rings. The van der Waals surface area contributed by atoms with Crippen LogP contribution in [0.2, 0.25) is 10.0 Å². The van der Waals surface area contributed by atoms with Crippen molar-refractivity contribution in [2.75, 3.05) is 18.4 Å². The number of anilines is 1. The highest BCUT2D eigenvalue weighted by molar-refractivity contribution is 7.09. The fourth-order valence-electron chi connectivity index (χ4n) is 4.19. The molecule has 1 saturated heterocycles. The molecule has 3 aromatic heterocycles. The number of fused-ring (bicyclic) bond motifs is 1. The largest absolute Gasteiger partial charge is 0.390 e. The van der Waals surface area contributed by atoms with Gasteiger partial charge >= 0.3 is 5.95 Å². The summed E-state index contributed by atoms with van der Waals surface area (Å²) in [5.41, 5.74) is 4.82. The molecule has 1 fully saturated rings. The number of thiazole rings is 1. The van der Waals surface area contributed by atoms with Crippen LogP contribution in [-0.4, -0.2) is 28.0 Å². The third kappa shape index (κ3) is 4.41. The molecular weight excluding hydrogens is 451 g/mol. The Morgan fingerprint density at radius 1 is 1.26 bits per heavy atom. The molecule has 0 aliphatic carbocycles. The molecule has 1 aromatic carbocycles. The Hall–Kier alpha value is -2.19. The number of hydrogen-bond donors (Lipinski definition) is 3. The molecule has 4 N–H and O–H groups in total. The lowest BCUT2D eigenvalue weighted by atomic mass is 9.91. The number of benzene rings is 1. The zero-order chi connectivity index (χ0) is 21.2. The summed E-state index contributed by atoms with van der Waals surface area (Å²) in [4.78, 5) is 16.0. The number of H-pyrrole nitrogens is 2. The molecule has 0 bridgehead atoms. The molecule has 0 spiro atoms. The summed E-state index contributed by atoms with van der Waals surface area (Å²) in [7, 11) is 0. The first-order valence-corrected chi connectivity index (χ1v) is 12.0.